The summed E-state index contributed by atoms with van der Waals surface area (Å²) in [5.41, 5.74) is 0.839. The van der Waals surface area contributed by atoms with Crippen molar-refractivity contribution in [3.8, 4) is 0 Å². The van der Waals surface area contributed by atoms with Gasteiger partial charge < -0.3 is 5.32 Å². The highest BCUT2D eigenvalue weighted by molar-refractivity contribution is 7.99. The first kappa shape index (κ1) is 14.6. The van der Waals surface area contributed by atoms with Gasteiger partial charge in [0.15, 0.2) is 0 Å². The third kappa shape index (κ3) is 3.86. The van der Waals surface area contributed by atoms with E-state index in [9.17, 15) is 4.79 Å². The third-order valence-electron chi connectivity index (χ3n) is 3.25. The number of nitrogens with one attached hydrogen (secondary N) is 1. The van der Waals surface area contributed by atoms with E-state index in [0.29, 0.717) is 6.42 Å². The van der Waals surface area contributed by atoms with Gasteiger partial charge in [-0.3, -0.25) is 4.79 Å². The summed E-state index contributed by atoms with van der Waals surface area (Å²) in [6, 6.07) is 19.9. The highest BCUT2D eigenvalue weighted by Crippen LogP contribution is 2.19. The second kappa shape index (κ2) is 7.09. The van der Waals surface area contributed by atoms with Crippen LogP contribution >= 0.6 is 11.8 Å². The van der Waals surface area contributed by atoms with Crippen molar-refractivity contribution in [3.63, 3.8) is 0 Å². The molecule has 110 valence electrons. The molecule has 3 rings (SSSR count). The van der Waals surface area contributed by atoms with E-state index in [-0.39, 0.29) is 5.91 Å². The van der Waals surface area contributed by atoms with E-state index in [0.717, 1.165) is 21.9 Å². The van der Waals surface area contributed by atoms with Gasteiger partial charge in [0.2, 0.25) is 5.91 Å². The van der Waals surface area contributed by atoms with Crippen molar-refractivity contribution in [1.29, 1.82) is 0 Å². The second-order valence-electron chi connectivity index (χ2n) is 4.88. The highest BCUT2D eigenvalue weighted by atomic mass is 32.2. The zero-order valence-electron chi connectivity index (χ0n) is 12.0. The summed E-state index contributed by atoms with van der Waals surface area (Å²) in [7, 11) is 0. The number of carbonyl (C=O) groups is 1. The van der Waals surface area contributed by atoms with E-state index in [2.05, 4.69) is 16.4 Å². The molecule has 1 N–H and O–H groups in total. The van der Waals surface area contributed by atoms with Gasteiger partial charge in [-0.1, -0.05) is 36.4 Å². The number of hydrogen-bond donors (Lipinski definition) is 1. The molecule has 3 aromatic rings. The van der Waals surface area contributed by atoms with Crippen LogP contribution in [-0.2, 0) is 4.79 Å². The number of amides is 1. The minimum atomic E-state index is 0.0266. The first-order valence-corrected chi connectivity index (χ1v) is 8.12. The van der Waals surface area contributed by atoms with Crippen LogP contribution in [0.2, 0.25) is 0 Å². The van der Waals surface area contributed by atoms with Crippen LogP contribution in [0.4, 0.5) is 5.69 Å². The second-order valence-corrected chi connectivity index (χ2v) is 5.99. The van der Waals surface area contributed by atoms with Gasteiger partial charge in [-0.25, -0.2) is 4.98 Å². The zero-order chi connectivity index (χ0) is 15.2. The summed E-state index contributed by atoms with van der Waals surface area (Å²) in [4.78, 5) is 16.2. The average molecular weight is 308 g/mol. The molecular formula is C18H16N2OS. The van der Waals surface area contributed by atoms with Crippen molar-refractivity contribution >= 4 is 34.1 Å². The van der Waals surface area contributed by atoms with Crippen molar-refractivity contribution in [3.05, 3.63) is 66.9 Å². The first-order chi connectivity index (χ1) is 10.8. The standard InChI is InChI=1S/C18H16N2OS/c21-17(10-12-22-18-7-3-4-11-19-18)20-16-9-8-14-5-1-2-6-15(14)13-16/h1-9,11,13H,10,12H2,(H,20,21). The molecular weight excluding hydrogens is 292 g/mol. The lowest BCUT2D eigenvalue weighted by molar-refractivity contribution is -0.115. The topological polar surface area (TPSA) is 42.0 Å². The molecule has 2 aromatic carbocycles. The summed E-state index contributed by atoms with van der Waals surface area (Å²) in [6.45, 7) is 0. The smallest absolute Gasteiger partial charge is 0.225 e. The molecule has 0 saturated heterocycles. The highest BCUT2D eigenvalue weighted by Gasteiger charge is 2.04. The molecule has 0 radical (unpaired) electrons. The van der Waals surface area contributed by atoms with Crippen LogP contribution in [0, 0.1) is 0 Å². The Kier molecular flexibility index (Phi) is 4.71. The van der Waals surface area contributed by atoms with Gasteiger partial charge in [0, 0.05) is 24.1 Å². The number of fused-ring (bicyclic) bond motifs is 1. The number of carbonyl (C=O) groups excluding carboxylic acids is 1. The Morgan fingerprint density at radius 1 is 1.00 bits per heavy atom. The number of benzene rings is 2. The van der Waals surface area contributed by atoms with Gasteiger partial charge >= 0.3 is 0 Å². The van der Waals surface area contributed by atoms with E-state index in [1.54, 1.807) is 18.0 Å². The molecule has 0 aliphatic carbocycles. The Morgan fingerprint density at radius 3 is 2.64 bits per heavy atom. The molecule has 3 nitrogen and oxygen atoms in total. The third-order valence-corrected chi connectivity index (χ3v) is 4.20. The Labute approximate surface area is 133 Å². The van der Waals surface area contributed by atoms with Crippen LogP contribution in [0.25, 0.3) is 10.8 Å². The lowest BCUT2D eigenvalue weighted by Gasteiger charge is -2.06. The minimum absolute atomic E-state index is 0.0266. The van der Waals surface area contributed by atoms with Gasteiger partial charge in [-0.2, -0.15) is 0 Å². The molecule has 0 saturated carbocycles. The lowest BCUT2D eigenvalue weighted by Crippen LogP contribution is -2.12. The van der Waals surface area contributed by atoms with Crippen LogP contribution in [-0.4, -0.2) is 16.6 Å². The van der Waals surface area contributed by atoms with Gasteiger partial charge in [-0.05, 0) is 35.0 Å². The number of hydrogen-bond acceptors (Lipinski definition) is 3. The molecule has 0 fully saturated rings. The molecule has 1 amide bonds. The van der Waals surface area contributed by atoms with E-state index >= 15 is 0 Å². The maximum absolute atomic E-state index is 12.0. The van der Waals surface area contributed by atoms with Crippen LogP contribution in [0.15, 0.2) is 71.9 Å². The molecule has 1 heterocycles. The molecule has 0 spiro atoms. The lowest BCUT2D eigenvalue weighted by atomic mass is 10.1. The van der Waals surface area contributed by atoms with Crippen molar-refractivity contribution < 1.29 is 4.79 Å². The normalized spacial score (nSPS) is 10.5. The maximum Gasteiger partial charge on any atom is 0.225 e. The molecule has 1 aromatic heterocycles. The minimum Gasteiger partial charge on any atom is -0.326 e. The number of anilines is 1. The Balaban J connectivity index is 1.54. The van der Waals surface area contributed by atoms with Crippen LogP contribution in [0.5, 0.6) is 0 Å². The zero-order valence-corrected chi connectivity index (χ0v) is 12.8. The average Bonchev–Trinajstić information content (AvgIpc) is 2.56. The number of nitrogens with zero attached hydrogens (tertiary/aromatic N) is 1. The quantitative estimate of drug-likeness (QED) is 0.712. The number of aromatic nitrogens is 1. The fourth-order valence-corrected chi connectivity index (χ4v) is 2.98. The molecule has 0 bridgehead atoms. The van der Waals surface area contributed by atoms with Crippen molar-refractivity contribution in [2.75, 3.05) is 11.1 Å². The SMILES string of the molecule is O=C(CCSc1ccccn1)Nc1ccc2ccccc2c1. The molecule has 4 heteroatoms. The van der Waals surface area contributed by atoms with E-state index in [4.69, 9.17) is 0 Å². The Hall–Kier alpha value is -2.33. The van der Waals surface area contributed by atoms with Crippen LogP contribution in [0.1, 0.15) is 6.42 Å². The monoisotopic (exact) mass is 308 g/mol. The predicted octanol–water partition coefficient (Wildman–Crippen LogP) is 4.36. The van der Waals surface area contributed by atoms with E-state index in [1.165, 1.54) is 5.39 Å². The van der Waals surface area contributed by atoms with Crippen molar-refractivity contribution in [1.82, 2.24) is 4.98 Å². The van der Waals surface area contributed by atoms with Crippen LogP contribution in [0.3, 0.4) is 0 Å². The largest absolute Gasteiger partial charge is 0.326 e. The Morgan fingerprint density at radius 2 is 1.82 bits per heavy atom. The van der Waals surface area contributed by atoms with Gasteiger partial charge in [0.05, 0.1) is 5.03 Å². The van der Waals surface area contributed by atoms with Gasteiger partial charge in [-0.15, -0.1) is 11.8 Å². The summed E-state index contributed by atoms with van der Waals surface area (Å²) >= 11 is 1.59. The predicted molar refractivity (Wildman–Crippen MR) is 92.2 cm³/mol. The fourth-order valence-electron chi connectivity index (χ4n) is 2.17. The number of thioether (sulfide) groups is 1. The summed E-state index contributed by atoms with van der Waals surface area (Å²) in [5, 5.41) is 6.19. The summed E-state index contributed by atoms with van der Waals surface area (Å²) in [5.74, 6) is 0.745. The maximum atomic E-state index is 12.0. The molecule has 0 aliphatic rings. The van der Waals surface area contributed by atoms with Gasteiger partial charge in [0.1, 0.15) is 0 Å². The van der Waals surface area contributed by atoms with Crippen molar-refractivity contribution in [2.24, 2.45) is 0 Å². The van der Waals surface area contributed by atoms with E-state index < -0.39 is 0 Å². The molecule has 22 heavy (non-hydrogen) atoms. The Bertz CT molecular complexity index is 774. The van der Waals surface area contributed by atoms with Crippen LogP contribution < -0.4 is 5.32 Å². The summed E-state index contributed by atoms with van der Waals surface area (Å²) in [6.07, 6.45) is 2.23. The number of pyridine rings is 1. The van der Waals surface area contributed by atoms with Crippen molar-refractivity contribution in [2.45, 2.75) is 11.4 Å². The first-order valence-electron chi connectivity index (χ1n) is 7.14. The van der Waals surface area contributed by atoms with E-state index in [1.807, 2.05) is 54.6 Å². The fraction of sp³-hybridized carbons (Fsp3) is 0.111. The summed E-state index contributed by atoms with van der Waals surface area (Å²) < 4.78 is 0. The molecule has 0 aliphatic heterocycles. The van der Waals surface area contributed by atoms with Gasteiger partial charge in [0.25, 0.3) is 0 Å². The molecule has 0 unspecified atom stereocenters. The molecule has 0 atom stereocenters. The number of rotatable bonds is 5.